The summed E-state index contributed by atoms with van der Waals surface area (Å²) in [7, 11) is 2.22. The van der Waals surface area contributed by atoms with Crippen molar-refractivity contribution in [2.75, 3.05) is 24.0 Å². The fourth-order valence-corrected chi connectivity index (χ4v) is 3.55. The van der Waals surface area contributed by atoms with Crippen LogP contribution in [0.25, 0.3) is 0 Å². The molecule has 0 amide bonds. The fraction of sp³-hybridized carbons (Fsp3) is 0.647. The molecule has 1 atom stereocenters. The van der Waals surface area contributed by atoms with Gasteiger partial charge in [0, 0.05) is 41.1 Å². The highest BCUT2D eigenvalue weighted by Gasteiger charge is 2.17. The smallest absolute Gasteiger partial charge is 0.0412 e. The summed E-state index contributed by atoms with van der Waals surface area (Å²) in [6.07, 6.45) is 3.35. The van der Waals surface area contributed by atoms with E-state index in [-0.39, 0.29) is 5.54 Å². The van der Waals surface area contributed by atoms with Crippen molar-refractivity contribution in [3.63, 3.8) is 0 Å². The van der Waals surface area contributed by atoms with Crippen LogP contribution in [0.4, 0.5) is 5.69 Å². The summed E-state index contributed by atoms with van der Waals surface area (Å²) < 4.78 is 1.14. The molecule has 0 aromatic heterocycles. The Morgan fingerprint density at radius 1 is 1.33 bits per heavy atom. The van der Waals surface area contributed by atoms with Crippen LogP contribution in [0.3, 0.4) is 0 Å². The quantitative estimate of drug-likeness (QED) is 0.731. The van der Waals surface area contributed by atoms with Crippen molar-refractivity contribution in [2.24, 2.45) is 0 Å². The Hall–Kier alpha value is -0.190. The van der Waals surface area contributed by atoms with Crippen molar-refractivity contribution < 1.29 is 0 Å². The maximum absolute atomic E-state index is 3.60. The Morgan fingerprint density at radius 2 is 2.00 bits per heavy atom. The Bertz CT molecular complexity index is 443. The molecule has 0 bridgehead atoms. The van der Waals surface area contributed by atoms with Gasteiger partial charge in [-0.3, -0.25) is 0 Å². The largest absolute Gasteiger partial charge is 0.371 e. The van der Waals surface area contributed by atoms with Crippen LogP contribution in [0.1, 0.15) is 39.7 Å². The first-order chi connectivity index (χ1) is 9.78. The molecule has 2 nitrogen and oxygen atoms in total. The van der Waals surface area contributed by atoms with E-state index in [9.17, 15) is 0 Å². The third-order valence-corrected chi connectivity index (χ3v) is 4.82. The van der Waals surface area contributed by atoms with Crippen molar-refractivity contribution in [1.29, 1.82) is 0 Å². The van der Waals surface area contributed by atoms with Crippen LogP contribution in [0.15, 0.2) is 22.7 Å². The minimum Gasteiger partial charge on any atom is -0.371 e. The Kier molecular flexibility index (Phi) is 7.58. The predicted molar refractivity (Wildman–Crippen MR) is 102 cm³/mol. The zero-order valence-corrected chi connectivity index (χ0v) is 16.6. The van der Waals surface area contributed by atoms with Crippen LogP contribution in [0.5, 0.6) is 0 Å². The van der Waals surface area contributed by atoms with E-state index in [0.717, 1.165) is 16.8 Å². The first kappa shape index (κ1) is 18.9. The molecule has 0 aliphatic heterocycles. The predicted octanol–water partition coefficient (Wildman–Crippen LogP) is 4.92. The molecule has 4 heteroatoms. The lowest BCUT2D eigenvalue weighted by atomic mass is 10.1. The second-order valence-electron chi connectivity index (χ2n) is 6.50. The van der Waals surface area contributed by atoms with E-state index in [4.69, 9.17) is 0 Å². The van der Waals surface area contributed by atoms with Crippen molar-refractivity contribution in [1.82, 2.24) is 5.32 Å². The molecule has 0 aliphatic rings. The van der Waals surface area contributed by atoms with E-state index < -0.39 is 0 Å². The van der Waals surface area contributed by atoms with E-state index in [1.54, 1.807) is 0 Å². The summed E-state index contributed by atoms with van der Waals surface area (Å²) in [5, 5.41) is 3.60. The molecule has 1 unspecified atom stereocenters. The van der Waals surface area contributed by atoms with Crippen LogP contribution in [-0.2, 0) is 6.54 Å². The van der Waals surface area contributed by atoms with E-state index in [1.807, 2.05) is 11.8 Å². The van der Waals surface area contributed by atoms with Crippen molar-refractivity contribution in [3.05, 3.63) is 28.2 Å². The Balaban J connectivity index is 2.99. The SMILES string of the molecule is CCC(CSC)N(C)c1ccc(Br)cc1CNC(C)(C)C. The first-order valence-electron chi connectivity index (χ1n) is 7.53. The van der Waals surface area contributed by atoms with Gasteiger partial charge < -0.3 is 10.2 Å². The van der Waals surface area contributed by atoms with Gasteiger partial charge in [0.2, 0.25) is 0 Å². The number of anilines is 1. The number of rotatable bonds is 7. The topological polar surface area (TPSA) is 15.3 Å². The molecule has 0 aliphatic carbocycles. The summed E-state index contributed by atoms with van der Waals surface area (Å²) in [6, 6.07) is 7.18. The molecule has 1 N–H and O–H groups in total. The van der Waals surface area contributed by atoms with Gasteiger partial charge in [-0.25, -0.2) is 0 Å². The molecule has 1 aromatic carbocycles. The molecule has 0 heterocycles. The van der Waals surface area contributed by atoms with E-state index in [2.05, 4.69) is 85.3 Å². The third-order valence-electron chi connectivity index (χ3n) is 3.61. The van der Waals surface area contributed by atoms with Gasteiger partial charge >= 0.3 is 0 Å². The molecule has 0 saturated carbocycles. The van der Waals surface area contributed by atoms with Crippen LogP contribution in [0, 0.1) is 0 Å². The molecule has 120 valence electrons. The average Bonchev–Trinajstić information content (AvgIpc) is 2.41. The number of nitrogens with zero attached hydrogens (tertiary/aromatic N) is 1. The monoisotopic (exact) mass is 372 g/mol. The molecule has 0 radical (unpaired) electrons. The van der Waals surface area contributed by atoms with Crippen LogP contribution < -0.4 is 10.2 Å². The third kappa shape index (κ3) is 6.21. The summed E-state index contributed by atoms with van der Waals surface area (Å²) >= 11 is 5.52. The molecule has 0 saturated heterocycles. The Morgan fingerprint density at radius 3 is 2.52 bits per heavy atom. The number of thioether (sulfide) groups is 1. The standard InChI is InChI=1S/C17H29BrN2S/c1-7-15(12-21-6)20(5)16-9-8-14(18)10-13(16)11-19-17(2,3)4/h8-10,15,19H,7,11-12H2,1-6H3. The highest BCUT2D eigenvalue weighted by Crippen LogP contribution is 2.27. The maximum Gasteiger partial charge on any atom is 0.0412 e. The molecular weight excluding hydrogens is 344 g/mol. The first-order valence-corrected chi connectivity index (χ1v) is 9.72. The zero-order chi connectivity index (χ0) is 16.0. The van der Waals surface area contributed by atoms with Gasteiger partial charge in [0.25, 0.3) is 0 Å². The highest BCUT2D eigenvalue weighted by molar-refractivity contribution is 9.10. The molecule has 1 aromatic rings. The minimum atomic E-state index is 0.127. The highest BCUT2D eigenvalue weighted by atomic mass is 79.9. The number of hydrogen-bond acceptors (Lipinski definition) is 3. The van der Waals surface area contributed by atoms with E-state index >= 15 is 0 Å². The summed E-state index contributed by atoms with van der Waals surface area (Å²) in [5.74, 6) is 1.16. The van der Waals surface area contributed by atoms with Gasteiger partial charge in [-0.2, -0.15) is 11.8 Å². The lowest BCUT2D eigenvalue weighted by molar-refractivity contribution is 0.424. The molecule has 0 fully saturated rings. The zero-order valence-electron chi connectivity index (χ0n) is 14.2. The van der Waals surface area contributed by atoms with Crippen LogP contribution in [-0.4, -0.2) is 30.6 Å². The van der Waals surface area contributed by atoms with Crippen molar-refractivity contribution in [2.45, 2.75) is 52.2 Å². The van der Waals surface area contributed by atoms with Crippen molar-refractivity contribution >= 4 is 33.4 Å². The maximum atomic E-state index is 3.60. The van der Waals surface area contributed by atoms with Gasteiger partial charge in [-0.05, 0) is 57.2 Å². The summed E-state index contributed by atoms with van der Waals surface area (Å²) in [5.41, 5.74) is 2.80. The van der Waals surface area contributed by atoms with Gasteiger partial charge in [0.05, 0.1) is 0 Å². The van der Waals surface area contributed by atoms with Crippen molar-refractivity contribution in [3.8, 4) is 0 Å². The summed E-state index contributed by atoms with van der Waals surface area (Å²) in [6.45, 7) is 9.77. The van der Waals surface area contributed by atoms with Gasteiger partial charge in [-0.1, -0.05) is 22.9 Å². The number of halogens is 1. The number of nitrogens with one attached hydrogen (secondary N) is 1. The number of benzene rings is 1. The lowest BCUT2D eigenvalue weighted by Crippen LogP contribution is -2.37. The van der Waals surface area contributed by atoms with E-state index in [1.165, 1.54) is 17.7 Å². The van der Waals surface area contributed by atoms with E-state index in [0.29, 0.717) is 6.04 Å². The second kappa shape index (κ2) is 8.44. The lowest BCUT2D eigenvalue weighted by Gasteiger charge is -2.31. The van der Waals surface area contributed by atoms with Gasteiger partial charge in [0.15, 0.2) is 0 Å². The molecule has 0 spiro atoms. The molecule has 1 rings (SSSR count). The fourth-order valence-electron chi connectivity index (χ4n) is 2.29. The number of hydrogen-bond donors (Lipinski definition) is 1. The molecule has 21 heavy (non-hydrogen) atoms. The Labute approximate surface area is 143 Å². The van der Waals surface area contributed by atoms with Gasteiger partial charge in [-0.15, -0.1) is 0 Å². The normalized spacial score (nSPS) is 13.3. The van der Waals surface area contributed by atoms with Crippen LogP contribution >= 0.6 is 27.7 Å². The van der Waals surface area contributed by atoms with Gasteiger partial charge in [0.1, 0.15) is 0 Å². The second-order valence-corrected chi connectivity index (χ2v) is 8.33. The van der Waals surface area contributed by atoms with Crippen LogP contribution in [0.2, 0.25) is 0 Å². The minimum absolute atomic E-state index is 0.127. The average molecular weight is 373 g/mol. The molecular formula is C17H29BrN2S. The summed E-state index contributed by atoms with van der Waals surface area (Å²) in [4.78, 5) is 2.43.